The molecule has 5 nitrogen and oxygen atoms in total. The number of carbonyl (C=O) groups excluding carboxylic acids is 1. The Hall–Kier alpha value is -2.04. The summed E-state index contributed by atoms with van der Waals surface area (Å²) in [6.07, 6.45) is 1.91. The Kier molecular flexibility index (Phi) is 7.17. The van der Waals surface area contributed by atoms with Gasteiger partial charge in [0.2, 0.25) is 0 Å². The van der Waals surface area contributed by atoms with Crippen LogP contribution in [0.5, 0.6) is 0 Å². The summed E-state index contributed by atoms with van der Waals surface area (Å²) in [5, 5.41) is 9.10. The lowest BCUT2D eigenvalue weighted by Gasteiger charge is -2.11. The molecule has 0 heterocycles. The lowest BCUT2D eigenvalue weighted by Crippen LogP contribution is -2.38. The topological polar surface area (TPSA) is 65.5 Å². The molecule has 0 atom stereocenters. The number of hydrogen-bond acceptors (Lipinski definition) is 2. The van der Waals surface area contributed by atoms with Gasteiger partial charge in [0.1, 0.15) is 0 Å². The largest absolute Gasteiger partial charge is 0.356 e. The quantitative estimate of drug-likeness (QED) is 0.540. The summed E-state index contributed by atoms with van der Waals surface area (Å²) in [6, 6.07) is 7.67. The van der Waals surface area contributed by atoms with Gasteiger partial charge >= 0.3 is 0 Å². The molecule has 0 unspecified atom stereocenters. The van der Waals surface area contributed by atoms with Gasteiger partial charge in [-0.2, -0.15) is 0 Å². The van der Waals surface area contributed by atoms with Crippen molar-refractivity contribution in [3.63, 3.8) is 0 Å². The van der Waals surface area contributed by atoms with E-state index in [1.807, 2.05) is 24.3 Å². The van der Waals surface area contributed by atoms with Gasteiger partial charge in [-0.05, 0) is 30.5 Å². The molecule has 0 aliphatic heterocycles. The number of nitrogens with one attached hydrogen (secondary N) is 3. The van der Waals surface area contributed by atoms with Gasteiger partial charge in [-0.15, -0.1) is 0 Å². The lowest BCUT2D eigenvalue weighted by molar-refractivity contribution is 0.0963. The highest BCUT2D eigenvalue weighted by Gasteiger charge is 2.03. The van der Waals surface area contributed by atoms with Gasteiger partial charge in [-0.3, -0.25) is 9.79 Å². The van der Waals surface area contributed by atoms with E-state index in [0.29, 0.717) is 5.56 Å². The zero-order valence-corrected chi connectivity index (χ0v) is 12.5. The SMILES string of the molecule is CCCNC(=NC)NCCc1cccc(C(=O)NC)c1. The molecule has 0 aromatic heterocycles. The Balaban J connectivity index is 2.47. The first-order valence-electron chi connectivity index (χ1n) is 6.96. The molecule has 5 heteroatoms. The number of nitrogens with zero attached hydrogens (tertiary/aromatic N) is 1. The molecule has 0 aliphatic rings. The van der Waals surface area contributed by atoms with Crippen LogP contribution in [0.1, 0.15) is 29.3 Å². The van der Waals surface area contributed by atoms with Crippen LogP contribution in [0, 0.1) is 0 Å². The predicted molar refractivity (Wildman–Crippen MR) is 83.2 cm³/mol. The van der Waals surface area contributed by atoms with Crippen LogP contribution >= 0.6 is 0 Å². The number of amides is 1. The summed E-state index contributed by atoms with van der Waals surface area (Å²) in [5.41, 5.74) is 1.82. The Morgan fingerprint density at radius 3 is 2.65 bits per heavy atom. The normalized spacial score (nSPS) is 11.1. The first-order chi connectivity index (χ1) is 9.71. The summed E-state index contributed by atoms with van der Waals surface area (Å²) in [4.78, 5) is 15.7. The fourth-order valence-corrected chi connectivity index (χ4v) is 1.80. The molecule has 110 valence electrons. The highest BCUT2D eigenvalue weighted by molar-refractivity contribution is 5.94. The van der Waals surface area contributed by atoms with Gasteiger partial charge in [0.05, 0.1) is 0 Å². The van der Waals surface area contributed by atoms with Crippen LogP contribution in [0.15, 0.2) is 29.3 Å². The third kappa shape index (κ3) is 5.30. The Morgan fingerprint density at radius 1 is 1.25 bits per heavy atom. The first kappa shape index (κ1) is 16.0. The van der Waals surface area contributed by atoms with Crippen molar-refractivity contribution in [2.75, 3.05) is 27.2 Å². The molecule has 0 spiro atoms. The van der Waals surface area contributed by atoms with Crippen LogP contribution in [-0.2, 0) is 6.42 Å². The Labute approximate surface area is 120 Å². The fourth-order valence-electron chi connectivity index (χ4n) is 1.80. The first-order valence-corrected chi connectivity index (χ1v) is 6.96. The molecular weight excluding hydrogens is 252 g/mol. The van der Waals surface area contributed by atoms with E-state index < -0.39 is 0 Å². The van der Waals surface area contributed by atoms with Gasteiger partial charge < -0.3 is 16.0 Å². The van der Waals surface area contributed by atoms with Crippen molar-refractivity contribution in [2.24, 2.45) is 4.99 Å². The van der Waals surface area contributed by atoms with Gasteiger partial charge in [-0.1, -0.05) is 19.1 Å². The predicted octanol–water partition coefficient (Wildman–Crippen LogP) is 1.16. The molecule has 3 N–H and O–H groups in total. The molecule has 0 bridgehead atoms. The van der Waals surface area contributed by atoms with Crippen molar-refractivity contribution in [1.29, 1.82) is 0 Å². The molecule has 0 fully saturated rings. The van der Waals surface area contributed by atoms with Gasteiger partial charge in [-0.25, -0.2) is 0 Å². The maximum Gasteiger partial charge on any atom is 0.251 e. The fraction of sp³-hybridized carbons (Fsp3) is 0.467. The van der Waals surface area contributed by atoms with Crippen molar-refractivity contribution in [2.45, 2.75) is 19.8 Å². The van der Waals surface area contributed by atoms with Crippen LogP contribution in [0.4, 0.5) is 0 Å². The summed E-state index contributed by atoms with van der Waals surface area (Å²) >= 11 is 0. The molecule has 1 rings (SSSR count). The Bertz CT molecular complexity index is 457. The Morgan fingerprint density at radius 2 is 2.00 bits per heavy atom. The lowest BCUT2D eigenvalue weighted by atomic mass is 10.1. The summed E-state index contributed by atoms with van der Waals surface area (Å²) < 4.78 is 0. The highest BCUT2D eigenvalue weighted by atomic mass is 16.1. The molecule has 1 aromatic rings. The van der Waals surface area contributed by atoms with Gasteiger partial charge in [0.25, 0.3) is 5.91 Å². The third-order valence-electron chi connectivity index (χ3n) is 2.89. The van der Waals surface area contributed by atoms with Crippen molar-refractivity contribution in [3.8, 4) is 0 Å². The number of carbonyl (C=O) groups is 1. The maximum absolute atomic E-state index is 11.6. The number of benzene rings is 1. The van der Waals surface area contributed by atoms with Crippen LogP contribution in [-0.4, -0.2) is 39.1 Å². The minimum absolute atomic E-state index is 0.0553. The van der Waals surface area contributed by atoms with Crippen LogP contribution in [0.25, 0.3) is 0 Å². The standard InChI is InChI=1S/C15H24N4O/c1-4-9-18-15(17-3)19-10-8-12-6-5-7-13(11-12)14(20)16-2/h5-7,11H,4,8-10H2,1-3H3,(H,16,20)(H2,17,18,19). The third-order valence-corrected chi connectivity index (χ3v) is 2.89. The number of guanidine groups is 1. The minimum Gasteiger partial charge on any atom is -0.356 e. The zero-order valence-electron chi connectivity index (χ0n) is 12.5. The number of rotatable bonds is 6. The van der Waals surface area contributed by atoms with E-state index in [1.165, 1.54) is 0 Å². The summed E-state index contributed by atoms with van der Waals surface area (Å²) in [5.74, 6) is 0.759. The monoisotopic (exact) mass is 276 g/mol. The van der Waals surface area contributed by atoms with Crippen LogP contribution < -0.4 is 16.0 Å². The van der Waals surface area contributed by atoms with E-state index in [4.69, 9.17) is 0 Å². The van der Waals surface area contributed by atoms with Crippen LogP contribution in [0.2, 0.25) is 0 Å². The average molecular weight is 276 g/mol. The highest BCUT2D eigenvalue weighted by Crippen LogP contribution is 2.05. The molecule has 0 saturated heterocycles. The minimum atomic E-state index is -0.0553. The second-order valence-electron chi connectivity index (χ2n) is 4.46. The van der Waals surface area contributed by atoms with Gasteiger partial charge in [0, 0.05) is 32.7 Å². The molecule has 0 aliphatic carbocycles. The molecular formula is C15H24N4O. The molecule has 1 aromatic carbocycles. The van der Waals surface area contributed by atoms with E-state index in [0.717, 1.165) is 37.5 Å². The maximum atomic E-state index is 11.6. The zero-order chi connectivity index (χ0) is 14.8. The number of hydrogen-bond donors (Lipinski definition) is 3. The smallest absolute Gasteiger partial charge is 0.251 e. The molecule has 0 radical (unpaired) electrons. The van der Waals surface area contributed by atoms with E-state index in [9.17, 15) is 4.79 Å². The molecule has 0 saturated carbocycles. The second kappa shape index (κ2) is 8.96. The van der Waals surface area contributed by atoms with Gasteiger partial charge in [0.15, 0.2) is 5.96 Å². The van der Waals surface area contributed by atoms with E-state index in [-0.39, 0.29) is 5.91 Å². The van der Waals surface area contributed by atoms with Crippen molar-refractivity contribution >= 4 is 11.9 Å². The van der Waals surface area contributed by atoms with Crippen molar-refractivity contribution in [1.82, 2.24) is 16.0 Å². The summed E-state index contributed by atoms with van der Waals surface area (Å²) in [6.45, 7) is 3.80. The molecule has 1 amide bonds. The summed E-state index contributed by atoms with van der Waals surface area (Å²) in [7, 11) is 3.40. The molecule has 20 heavy (non-hydrogen) atoms. The number of aliphatic imine (C=N–C) groups is 1. The van der Waals surface area contributed by atoms with Crippen molar-refractivity contribution in [3.05, 3.63) is 35.4 Å². The average Bonchev–Trinajstić information content (AvgIpc) is 2.50. The second-order valence-corrected chi connectivity index (χ2v) is 4.46. The van der Waals surface area contributed by atoms with E-state index >= 15 is 0 Å². The van der Waals surface area contributed by atoms with E-state index in [2.05, 4.69) is 27.9 Å². The van der Waals surface area contributed by atoms with E-state index in [1.54, 1.807) is 14.1 Å². The van der Waals surface area contributed by atoms with Crippen molar-refractivity contribution < 1.29 is 4.79 Å². The van der Waals surface area contributed by atoms with Crippen LogP contribution in [0.3, 0.4) is 0 Å².